The fourth-order valence-corrected chi connectivity index (χ4v) is 6.45. The van der Waals surface area contributed by atoms with E-state index in [0.29, 0.717) is 31.6 Å². The van der Waals surface area contributed by atoms with Gasteiger partial charge in [0.1, 0.15) is 0 Å². The Balaban J connectivity index is 1.36. The maximum absolute atomic E-state index is 13.4. The predicted octanol–water partition coefficient (Wildman–Crippen LogP) is 4.28. The molecule has 2 heterocycles. The van der Waals surface area contributed by atoms with Gasteiger partial charge in [-0.1, -0.05) is 60.7 Å². The first-order valence-corrected chi connectivity index (χ1v) is 13.0. The number of hydrogen-bond acceptors (Lipinski definition) is 3. The normalized spacial score (nSPS) is 18.8. The molecule has 1 atom stereocenters. The first kappa shape index (κ1) is 21.9. The van der Waals surface area contributed by atoms with Gasteiger partial charge in [0.05, 0.1) is 4.90 Å². The van der Waals surface area contributed by atoms with Crippen molar-refractivity contribution < 1.29 is 13.2 Å². The highest BCUT2D eigenvalue weighted by Crippen LogP contribution is 2.27. The molecular formula is C27H28N2O3S. The molecule has 0 spiro atoms. The zero-order chi connectivity index (χ0) is 22.8. The fraction of sp³-hybridized carbons (Fsp3) is 0.296. The van der Waals surface area contributed by atoms with Crippen LogP contribution in [0.3, 0.4) is 0 Å². The molecule has 2 aliphatic rings. The van der Waals surface area contributed by atoms with Gasteiger partial charge in [0.25, 0.3) is 5.91 Å². The highest BCUT2D eigenvalue weighted by molar-refractivity contribution is 7.89. The van der Waals surface area contributed by atoms with E-state index in [1.165, 1.54) is 15.4 Å². The Hall–Kier alpha value is -2.96. The van der Waals surface area contributed by atoms with Crippen LogP contribution in [0, 0.1) is 0 Å². The number of nitrogens with zero attached hydrogens (tertiary/aromatic N) is 2. The Bertz CT molecular complexity index is 1260. The van der Waals surface area contributed by atoms with Crippen LogP contribution >= 0.6 is 0 Å². The van der Waals surface area contributed by atoms with Crippen LogP contribution in [-0.2, 0) is 29.4 Å². The molecule has 6 heteroatoms. The lowest BCUT2D eigenvalue weighted by Gasteiger charge is -2.28. The van der Waals surface area contributed by atoms with Crippen molar-refractivity contribution in [2.24, 2.45) is 0 Å². The number of hydrogen-bond donors (Lipinski definition) is 0. The van der Waals surface area contributed by atoms with Gasteiger partial charge in [0.2, 0.25) is 10.0 Å². The van der Waals surface area contributed by atoms with Crippen molar-refractivity contribution in [1.29, 1.82) is 0 Å². The Morgan fingerprint density at radius 1 is 0.879 bits per heavy atom. The molecule has 1 saturated heterocycles. The minimum atomic E-state index is -3.68. The molecular weight excluding hydrogens is 432 g/mol. The predicted molar refractivity (Wildman–Crippen MR) is 128 cm³/mol. The van der Waals surface area contributed by atoms with E-state index < -0.39 is 10.0 Å². The van der Waals surface area contributed by atoms with Crippen molar-refractivity contribution in [2.75, 3.05) is 13.1 Å². The van der Waals surface area contributed by atoms with E-state index in [2.05, 4.69) is 18.2 Å². The van der Waals surface area contributed by atoms with Crippen molar-refractivity contribution >= 4 is 15.9 Å². The molecule has 2 aliphatic heterocycles. The van der Waals surface area contributed by atoms with Gasteiger partial charge in [-0.25, -0.2) is 8.42 Å². The second-order valence-corrected chi connectivity index (χ2v) is 10.8. The molecule has 0 N–H and O–H groups in total. The summed E-state index contributed by atoms with van der Waals surface area (Å²) < 4.78 is 28.3. The standard InChI is InChI=1S/C27H28N2O3S/c30-27(29-16-7-13-25(29)18-21-8-2-1-3-9-21)23-12-6-14-26(19-23)33(31,32)28-17-15-22-10-4-5-11-24(22)20-28/h1-6,8-12,14,19,25H,7,13,15-18,20H2/t25-/m0/s1. The molecule has 0 saturated carbocycles. The lowest BCUT2D eigenvalue weighted by Crippen LogP contribution is -2.37. The first-order chi connectivity index (χ1) is 16.0. The van der Waals surface area contributed by atoms with Gasteiger partial charge in [0.15, 0.2) is 0 Å². The maximum Gasteiger partial charge on any atom is 0.254 e. The van der Waals surface area contributed by atoms with Crippen molar-refractivity contribution in [3.8, 4) is 0 Å². The molecule has 170 valence electrons. The third kappa shape index (κ3) is 4.45. The minimum absolute atomic E-state index is 0.0885. The molecule has 0 bridgehead atoms. The molecule has 3 aromatic carbocycles. The quantitative estimate of drug-likeness (QED) is 0.571. The summed E-state index contributed by atoms with van der Waals surface area (Å²) in [6, 6.07) is 24.9. The molecule has 5 nitrogen and oxygen atoms in total. The van der Waals surface area contributed by atoms with Crippen LogP contribution in [0.4, 0.5) is 0 Å². The van der Waals surface area contributed by atoms with E-state index in [1.54, 1.807) is 24.3 Å². The maximum atomic E-state index is 13.4. The van der Waals surface area contributed by atoms with Crippen LogP contribution < -0.4 is 0 Å². The Morgan fingerprint density at radius 2 is 1.64 bits per heavy atom. The summed E-state index contributed by atoms with van der Waals surface area (Å²) >= 11 is 0. The number of amides is 1. The van der Waals surface area contributed by atoms with Crippen LogP contribution in [0.25, 0.3) is 0 Å². The zero-order valence-electron chi connectivity index (χ0n) is 18.6. The molecule has 0 radical (unpaired) electrons. The summed E-state index contributed by atoms with van der Waals surface area (Å²) in [5.74, 6) is -0.0885. The van der Waals surface area contributed by atoms with Gasteiger partial charge in [-0.15, -0.1) is 0 Å². The van der Waals surface area contributed by atoms with Crippen molar-refractivity contribution in [1.82, 2.24) is 9.21 Å². The van der Waals surface area contributed by atoms with Gasteiger partial charge < -0.3 is 4.90 Å². The van der Waals surface area contributed by atoms with Crippen LogP contribution in [0.2, 0.25) is 0 Å². The van der Waals surface area contributed by atoms with Gasteiger partial charge in [-0.3, -0.25) is 4.79 Å². The second kappa shape index (κ2) is 9.12. The van der Waals surface area contributed by atoms with Gasteiger partial charge in [0, 0.05) is 31.2 Å². The van der Waals surface area contributed by atoms with Crippen LogP contribution in [-0.4, -0.2) is 42.7 Å². The van der Waals surface area contributed by atoms with Gasteiger partial charge >= 0.3 is 0 Å². The largest absolute Gasteiger partial charge is 0.335 e. The summed E-state index contributed by atoms with van der Waals surface area (Å²) in [5.41, 5.74) is 3.89. The van der Waals surface area contributed by atoms with Gasteiger partial charge in [-0.05, 0) is 60.6 Å². The third-order valence-corrected chi connectivity index (χ3v) is 8.61. The monoisotopic (exact) mass is 460 g/mol. The van der Waals surface area contributed by atoms with Crippen LogP contribution in [0.15, 0.2) is 83.8 Å². The lowest BCUT2D eigenvalue weighted by molar-refractivity contribution is 0.0736. The summed E-state index contributed by atoms with van der Waals surface area (Å²) in [6.07, 6.45) is 3.45. The van der Waals surface area contributed by atoms with Crippen LogP contribution in [0.5, 0.6) is 0 Å². The first-order valence-electron chi connectivity index (χ1n) is 11.5. The van der Waals surface area contributed by atoms with Crippen molar-refractivity contribution in [3.63, 3.8) is 0 Å². The number of rotatable bonds is 5. The lowest BCUT2D eigenvalue weighted by atomic mass is 10.0. The number of sulfonamides is 1. The number of fused-ring (bicyclic) bond motifs is 1. The Morgan fingerprint density at radius 3 is 2.45 bits per heavy atom. The van der Waals surface area contributed by atoms with Crippen molar-refractivity contribution in [2.45, 2.75) is 43.2 Å². The summed E-state index contributed by atoms with van der Waals surface area (Å²) in [7, 11) is -3.68. The number of carbonyl (C=O) groups excluding carboxylic acids is 1. The Kier molecular flexibility index (Phi) is 6.04. The second-order valence-electron chi connectivity index (χ2n) is 8.87. The molecule has 1 fully saturated rings. The number of likely N-dealkylation sites (tertiary alicyclic amines) is 1. The van der Waals surface area contributed by atoms with E-state index in [-0.39, 0.29) is 16.8 Å². The summed E-state index contributed by atoms with van der Waals surface area (Å²) in [6.45, 7) is 1.51. The topological polar surface area (TPSA) is 57.7 Å². The fourth-order valence-electron chi connectivity index (χ4n) is 4.98. The Labute approximate surface area is 195 Å². The minimum Gasteiger partial charge on any atom is -0.335 e. The SMILES string of the molecule is O=C(c1cccc(S(=O)(=O)N2CCc3ccccc3C2)c1)N1CCC[C@H]1Cc1ccccc1. The molecule has 5 rings (SSSR count). The highest BCUT2D eigenvalue weighted by Gasteiger charge is 2.32. The summed E-state index contributed by atoms with van der Waals surface area (Å²) in [4.78, 5) is 15.5. The molecule has 0 aliphatic carbocycles. The number of benzene rings is 3. The van der Waals surface area contributed by atoms with E-state index in [0.717, 1.165) is 24.8 Å². The van der Waals surface area contributed by atoms with Crippen LogP contribution in [0.1, 0.15) is 39.9 Å². The van der Waals surface area contributed by atoms with Gasteiger partial charge in [-0.2, -0.15) is 4.31 Å². The summed E-state index contributed by atoms with van der Waals surface area (Å²) in [5, 5.41) is 0. The smallest absolute Gasteiger partial charge is 0.254 e. The van der Waals surface area contributed by atoms with E-state index >= 15 is 0 Å². The molecule has 33 heavy (non-hydrogen) atoms. The van der Waals surface area contributed by atoms with E-state index in [9.17, 15) is 13.2 Å². The average Bonchev–Trinajstić information content (AvgIpc) is 3.32. The average molecular weight is 461 g/mol. The molecule has 0 unspecified atom stereocenters. The number of carbonyl (C=O) groups is 1. The molecule has 1 amide bonds. The van der Waals surface area contributed by atoms with E-state index in [1.807, 2.05) is 41.3 Å². The zero-order valence-corrected chi connectivity index (χ0v) is 19.4. The van der Waals surface area contributed by atoms with Crippen molar-refractivity contribution in [3.05, 3.63) is 101 Å². The molecule has 3 aromatic rings. The highest BCUT2D eigenvalue weighted by atomic mass is 32.2. The van der Waals surface area contributed by atoms with E-state index in [4.69, 9.17) is 0 Å². The molecule has 0 aromatic heterocycles. The third-order valence-electron chi connectivity index (χ3n) is 6.77.